The van der Waals surface area contributed by atoms with E-state index in [1.165, 1.54) is 0 Å². The molecular weight excluding hydrogens is 189 g/mol. The Kier molecular flexibility index (Phi) is 24.3. The molecule has 0 bridgehead atoms. The van der Waals surface area contributed by atoms with Gasteiger partial charge in [-0.2, -0.15) is 0 Å². The number of rotatable bonds is 0. The van der Waals surface area contributed by atoms with Crippen LogP contribution in [0.5, 0.6) is 0 Å². The molecule has 0 aliphatic carbocycles. The predicted octanol–water partition coefficient (Wildman–Crippen LogP) is 0.0716. The Morgan fingerprint density at radius 1 is 1.67 bits per heavy atom. The van der Waals surface area contributed by atoms with Crippen LogP contribution in [0.3, 0.4) is 0 Å². The summed E-state index contributed by atoms with van der Waals surface area (Å²) < 4.78 is 0. The van der Waals surface area contributed by atoms with E-state index in [9.17, 15) is 0 Å². The van der Waals surface area contributed by atoms with Crippen molar-refractivity contribution in [2.75, 3.05) is 0 Å². The zero-order valence-corrected chi connectivity index (χ0v) is 5.89. The molecule has 0 aliphatic heterocycles. The number of halogens is 1. The van der Waals surface area contributed by atoms with Crippen LogP contribution in [0.15, 0.2) is 0 Å². The topological polar surface area (TPSA) is 63.4 Å². The molecule has 6 heteroatoms. The van der Waals surface area contributed by atoms with Crippen LogP contribution in [0.4, 0.5) is 0 Å². The zero-order valence-electron chi connectivity index (χ0n) is 2.62. The summed E-state index contributed by atoms with van der Waals surface area (Å²) in [5.74, 6) is 0. The van der Waals surface area contributed by atoms with Gasteiger partial charge < -0.3 is 5.21 Å². The molecule has 0 amide bonds. The van der Waals surface area contributed by atoms with Crippen LogP contribution in [-0.2, 0) is 26.2 Å². The third kappa shape index (κ3) is 357. The molecule has 0 radical (unpaired) electrons. The van der Waals surface area contributed by atoms with Crippen molar-refractivity contribution in [2.24, 2.45) is 0 Å². The molecule has 36 valence electrons. The van der Waals surface area contributed by atoms with Crippen LogP contribution in [0, 0.1) is 10.1 Å². The Balaban J connectivity index is -0.0000000450. The van der Waals surface area contributed by atoms with E-state index in [1.807, 2.05) is 0 Å². The van der Waals surface area contributed by atoms with Crippen LogP contribution in [0.1, 0.15) is 0 Å². The second kappa shape index (κ2) is 9.03. The minimum Gasteiger partial charge on any atom is -0.328 e. The average Bonchev–Trinajstić information content (AvgIpc) is 0.811. The van der Waals surface area contributed by atoms with Gasteiger partial charge in [0, 0.05) is 26.2 Å². The van der Waals surface area contributed by atoms with Crippen molar-refractivity contribution in [1.82, 2.24) is 0 Å². The van der Waals surface area contributed by atoms with Crippen molar-refractivity contribution in [3.8, 4) is 0 Å². The molecule has 0 rings (SSSR count). The van der Waals surface area contributed by atoms with Gasteiger partial charge in [-0.15, -0.1) is 22.5 Å². The first-order valence-electron chi connectivity index (χ1n) is 0.565. The summed E-state index contributed by atoms with van der Waals surface area (Å²) in [7, 11) is 0. The SMILES string of the molecule is Cl.O=[N+]([O-])O.[Zr]. The number of hydrogen-bond donors (Lipinski definition) is 1. The van der Waals surface area contributed by atoms with Gasteiger partial charge in [0.05, 0.1) is 0 Å². The van der Waals surface area contributed by atoms with E-state index in [4.69, 9.17) is 15.3 Å². The number of hydrogen-bond acceptors (Lipinski definition) is 2. The van der Waals surface area contributed by atoms with Gasteiger partial charge in [0.1, 0.15) is 0 Å². The van der Waals surface area contributed by atoms with Gasteiger partial charge in [-0.1, -0.05) is 0 Å². The normalized spacial score (nSPS) is 4.00. The molecule has 0 heterocycles. The minimum absolute atomic E-state index is 0. The fourth-order valence-corrected chi connectivity index (χ4v) is 0. The molecule has 0 spiro atoms. The van der Waals surface area contributed by atoms with Crippen molar-refractivity contribution in [3.63, 3.8) is 0 Å². The van der Waals surface area contributed by atoms with Crippen molar-refractivity contribution in [3.05, 3.63) is 10.1 Å². The van der Waals surface area contributed by atoms with Gasteiger partial charge >= 0.3 is 0 Å². The summed E-state index contributed by atoms with van der Waals surface area (Å²) in [6.07, 6.45) is 0. The molecule has 0 unspecified atom stereocenters. The van der Waals surface area contributed by atoms with Crippen LogP contribution in [-0.4, -0.2) is 10.3 Å². The summed E-state index contributed by atoms with van der Waals surface area (Å²) in [5, 5.41) is 13.6. The van der Waals surface area contributed by atoms with Gasteiger partial charge in [0.15, 0.2) is 0 Å². The van der Waals surface area contributed by atoms with Crippen molar-refractivity contribution in [1.29, 1.82) is 0 Å². The summed E-state index contributed by atoms with van der Waals surface area (Å²) in [6.45, 7) is 0. The number of nitrogens with zero attached hydrogens (tertiary/aromatic N) is 1. The van der Waals surface area contributed by atoms with Crippen molar-refractivity contribution >= 4 is 12.4 Å². The molecule has 0 aliphatic rings. The van der Waals surface area contributed by atoms with E-state index in [0.717, 1.165) is 0 Å². The summed E-state index contributed by atoms with van der Waals surface area (Å²) >= 11 is 0. The zero-order chi connectivity index (χ0) is 3.58. The Bertz CT molecular complexity index is 33.8. The molecule has 1 N–H and O–H groups in total. The van der Waals surface area contributed by atoms with Crippen LogP contribution in [0.2, 0.25) is 0 Å². The Morgan fingerprint density at radius 2 is 1.67 bits per heavy atom. The monoisotopic (exact) mass is 189 g/mol. The molecule has 0 aromatic heterocycles. The molecule has 0 saturated carbocycles. The third-order valence-corrected chi connectivity index (χ3v) is 0. The van der Waals surface area contributed by atoms with Gasteiger partial charge in [0.2, 0.25) is 0 Å². The third-order valence-electron chi connectivity index (χ3n) is 0. The second-order valence-corrected chi connectivity index (χ2v) is 0.238. The van der Waals surface area contributed by atoms with Crippen LogP contribution >= 0.6 is 12.4 Å². The Hall–Kier alpha value is 0.373. The fourth-order valence-electron chi connectivity index (χ4n) is 0. The van der Waals surface area contributed by atoms with Crippen molar-refractivity contribution in [2.45, 2.75) is 0 Å². The first-order valence-corrected chi connectivity index (χ1v) is 0.565. The average molecular weight is 191 g/mol. The first-order chi connectivity index (χ1) is 1.73. The predicted molar refractivity (Wildman–Crippen MR) is 16.0 cm³/mol. The first kappa shape index (κ1) is 16.2. The van der Waals surface area contributed by atoms with Gasteiger partial charge in [0.25, 0.3) is 5.09 Å². The van der Waals surface area contributed by atoms with E-state index in [0.29, 0.717) is 0 Å². The molecule has 0 fully saturated rings. The standard InChI is InChI=1S/ClH.HNO3.Zr/c;2-1(3)4;/h1H;(H,2,3,4);. The van der Waals surface area contributed by atoms with E-state index in [-0.39, 0.29) is 38.6 Å². The molecule has 6 heavy (non-hydrogen) atoms. The molecule has 0 saturated heterocycles. The Labute approximate surface area is 59.2 Å². The maximum Gasteiger partial charge on any atom is 0.291 e. The second-order valence-electron chi connectivity index (χ2n) is 0.238. The van der Waals surface area contributed by atoms with Gasteiger partial charge in [-0.25, -0.2) is 0 Å². The van der Waals surface area contributed by atoms with Crippen LogP contribution < -0.4 is 0 Å². The molecule has 0 aromatic rings. The van der Waals surface area contributed by atoms with Crippen molar-refractivity contribution < 1.29 is 36.5 Å². The smallest absolute Gasteiger partial charge is 0.291 e. The minimum atomic E-state index is -1.50. The van der Waals surface area contributed by atoms with Gasteiger partial charge in [-0.3, -0.25) is 0 Å². The largest absolute Gasteiger partial charge is 0.328 e. The summed E-state index contributed by atoms with van der Waals surface area (Å²) in [4.78, 5) is 8.36. The molecule has 0 aromatic carbocycles. The summed E-state index contributed by atoms with van der Waals surface area (Å²) in [6, 6.07) is 0. The maximum atomic E-state index is 8.36. The molecule has 4 nitrogen and oxygen atoms in total. The van der Waals surface area contributed by atoms with E-state index in [1.54, 1.807) is 0 Å². The Morgan fingerprint density at radius 3 is 1.67 bits per heavy atom. The fraction of sp³-hybridized carbons (Fsp3) is 0. The molecular formula is H2ClNO3Zr. The van der Waals surface area contributed by atoms with Crippen LogP contribution in [0.25, 0.3) is 0 Å². The van der Waals surface area contributed by atoms with E-state index >= 15 is 0 Å². The van der Waals surface area contributed by atoms with Gasteiger partial charge in [-0.05, 0) is 0 Å². The van der Waals surface area contributed by atoms with E-state index < -0.39 is 5.09 Å². The maximum absolute atomic E-state index is 8.36. The summed E-state index contributed by atoms with van der Waals surface area (Å²) in [5.41, 5.74) is 0. The quantitative estimate of drug-likeness (QED) is 0.435. The van der Waals surface area contributed by atoms with E-state index in [2.05, 4.69) is 0 Å². The molecule has 0 atom stereocenters.